The Morgan fingerprint density at radius 2 is 2.08 bits per heavy atom. The van der Waals surface area contributed by atoms with Gasteiger partial charge in [0, 0.05) is 6.42 Å². The van der Waals surface area contributed by atoms with Crippen LogP contribution in [0.4, 0.5) is 0 Å². The lowest BCUT2D eigenvalue weighted by Crippen LogP contribution is -2.33. The Kier molecular flexibility index (Phi) is 5.61. The summed E-state index contributed by atoms with van der Waals surface area (Å²) in [5.41, 5.74) is 0. The zero-order chi connectivity index (χ0) is 9.56. The second-order valence-electron chi connectivity index (χ2n) is 2.38. The fourth-order valence-corrected chi connectivity index (χ4v) is 0.566. The van der Waals surface area contributed by atoms with Crippen molar-refractivity contribution >= 4 is 5.97 Å². The van der Waals surface area contributed by atoms with Crippen LogP contribution >= 0.6 is 0 Å². The molecule has 0 aliphatic carbocycles. The second-order valence-corrected chi connectivity index (χ2v) is 2.38. The molecule has 5 nitrogen and oxygen atoms in total. The van der Waals surface area contributed by atoms with E-state index in [1.807, 2.05) is 0 Å². The predicted molar refractivity (Wildman–Crippen MR) is 40.1 cm³/mol. The van der Waals surface area contributed by atoms with Crippen molar-refractivity contribution in [2.75, 3.05) is 6.61 Å². The maximum atomic E-state index is 10.7. The third-order valence-corrected chi connectivity index (χ3v) is 1.22. The molecular formula is C7H14O5. The first-order chi connectivity index (χ1) is 5.61. The number of carbonyl (C=O) groups excluding carboxylic acids is 1. The van der Waals surface area contributed by atoms with Crippen molar-refractivity contribution in [3.05, 3.63) is 0 Å². The average molecular weight is 178 g/mol. The zero-order valence-corrected chi connectivity index (χ0v) is 6.93. The van der Waals surface area contributed by atoms with E-state index in [1.165, 1.54) is 0 Å². The molecule has 0 rings (SSSR count). The lowest BCUT2D eigenvalue weighted by Gasteiger charge is -2.15. The molecule has 0 spiro atoms. The zero-order valence-electron chi connectivity index (χ0n) is 6.93. The molecule has 2 atom stereocenters. The highest BCUT2D eigenvalue weighted by atomic mass is 16.6. The van der Waals surface area contributed by atoms with E-state index in [2.05, 4.69) is 4.74 Å². The molecular weight excluding hydrogens is 164 g/mol. The molecule has 0 aromatic rings. The van der Waals surface area contributed by atoms with E-state index in [0.717, 1.165) is 0 Å². The minimum atomic E-state index is -1.63. The van der Waals surface area contributed by atoms with Crippen LogP contribution in [0.2, 0.25) is 0 Å². The molecule has 72 valence electrons. The van der Waals surface area contributed by atoms with Crippen molar-refractivity contribution in [3.8, 4) is 0 Å². The summed E-state index contributed by atoms with van der Waals surface area (Å²) in [6.07, 6.45) is -2.25. The lowest BCUT2D eigenvalue weighted by molar-refractivity contribution is -0.190. The summed E-state index contributed by atoms with van der Waals surface area (Å²) in [5, 5.41) is 26.0. The fraction of sp³-hybridized carbons (Fsp3) is 0.857. The van der Waals surface area contributed by atoms with Crippen LogP contribution in [0.5, 0.6) is 0 Å². The average Bonchev–Trinajstić information content (AvgIpc) is 2.03. The predicted octanol–water partition coefficient (Wildman–Crippen LogP) is -0.999. The Labute approximate surface area is 70.6 Å². The first-order valence-electron chi connectivity index (χ1n) is 3.78. The van der Waals surface area contributed by atoms with Gasteiger partial charge < -0.3 is 20.1 Å². The van der Waals surface area contributed by atoms with Crippen molar-refractivity contribution in [2.24, 2.45) is 0 Å². The molecule has 0 aliphatic heterocycles. The summed E-state index contributed by atoms with van der Waals surface area (Å²) in [4.78, 5) is 10.7. The molecule has 0 bridgehead atoms. The van der Waals surface area contributed by atoms with Gasteiger partial charge in [0.25, 0.3) is 0 Å². The van der Waals surface area contributed by atoms with Crippen molar-refractivity contribution in [3.63, 3.8) is 0 Å². The van der Waals surface area contributed by atoms with Crippen LogP contribution in [0.1, 0.15) is 19.8 Å². The third-order valence-electron chi connectivity index (χ3n) is 1.22. The summed E-state index contributed by atoms with van der Waals surface area (Å²) >= 11 is 0. The summed E-state index contributed by atoms with van der Waals surface area (Å²) in [7, 11) is 0. The van der Waals surface area contributed by atoms with E-state index in [4.69, 9.17) is 15.3 Å². The van der Waals surface area contributed by atoms with Crippen molar-refractivity contribution in [1.82, 2.24) is 0 Å². The van der Waals surface area contributed by atoms with Gasteiger partial charge in [-0.15, -0.1) is 0 Å². The van der Waals surface area contributed by atoms with E-state index in [-0.39, 0.29) is 6.42 Å². The third kappa shape index (κ3) is 4.27. The first-order valence-corrected chi connectivity index (χ1v) is 3.78. The molecule has 0 heterocycles. The number of hydrogen-bond acceptors (Lipinski definition) is 5. The molecule has 0 saturated carbocycles. The monoisotopic (exact) mass is 178 g/mol. The number of ether oxygens (including phenoxy) is 1. The van der Waals surface area contributed by atoms with Gasteiger partial charge in [0.2, 0.25) is 6.29 Å². The highest BCUT2D eigenvalue weighted by Crippen LogP contribution is 1.99. The van der Waals surface area contributed by atoms with E-state index >= 15 is 0 Å². The smallest absolute Gasteiger partial charge is 0.308 e. The molecule has 1 unspecified atom stereocenters. The summed E-state index contributed by atoms with van der Waals surface area (Å²) in [6, 6.07) is 0. The maximum Gasteiger partial charge on any atom is 0.308 e. The van der Waals surface area contributed by atoms with Gasteiger partial charge in [0.05, 0.1) is 6.61 Å². The molecule has 0 fully saturated rings. The van der Waals surface area contributed by atoms with Gasteiger partial charge in [0.15, 0.2) is 0 Å². The fourth-order valence-electron chi connectivity index (χ4n) is 0.566. The van der Waals surface area contributed by atoms with Crippen LogP contribution in [-0.2, 0) is 9.53 Å². The van der Waals surface area contributed by atoms with Crippen LogP contribution < -0.4 is 0 Å². The van der Waals surface area contributed by atoms with Crippen molar-refractivity contribution < 1.29 is 24.9 Å². The standard InChI is InChI=1S/C7H14O5/c1-2-3-6(10)12-7(11)5(9)4-8/h5,7-9,11H,2-4H2,1H3/t5?,7-/m1/s1. The van der Waals surface area contributed by atoms with Gasteiger partial charge in [-0.2, -0.15) is 0 Å². The van der Waals surface area contributed by atoms with E-state index in [9.17, 15) is 4.79 Å². The molecule has 0 saturated heterocycles. The highest BCUT2D eigenvalue weighted by molar-refractivity contribution is 5.69. The Morgan fingerprint density at radius 3 is 2.50 bits per heavy atom. The molecule has 0 aromatic carbocycles. The van der Waals surface area contributed by atoms with Crippen LogP contribution in [0.15, 0.2) is 0 Å². The molecule has 12 heavy (non-hydrogen) atoms. The molecule has 0 amide bonds. The molecule has 0 radical (unpaired) electrons. The molecule has 5 heteroatoms. The van der Waals surface area contributed by atoms with Crippen LogP contribution in [0.3, 0.4) is 0 Å². The quantitative estimate of drug-likeness (QED) is 0.371. The number of carbonyl (C=O) groups is 1. The summed E-state index contributed by atoms with van der Waals surface area (Å²) < 4.78 is 4.35. The number of aliphatic hydroxyl groups is 3. The van der Waals surface area contributed by atoms with Crippen molar-refractivity contribution in [1.29, 1.82) is 0 Å². The topological polar surface area (TPSA) is 87.0 Å². The SMILES string of the molecule is CCCC(=O)O[C@@H](O)C(O)CO. The van der Waals surface area contributed by atoms with Gasteiger partial charge >= 0.3 is 5.97 Å². The first kappa shape index (κ1) is 11.4. The van der Waals surface area contributed by atoms with E-state index in [0.29, 0.717) is 6.42 Å². The largest absolute Gasteiger partial charge is 0.433 e. The summed E-state index contributed by atoms with van der Waals surface area (Å²) in [5.74, 6) is -0.586. The Bertz CT molecular complexity index is 136. The number of rotatable bonds is 5. The van der Waals surface area contributed by atoms with E-state index in [1.54, 1.807) is 6.92 Å². The van der Waals surface area contributed by atoms with Crippen LogP contribution in [0.25, 0.3) is 0 Å². The molecule has 0 aromatic heterocycles. The number of esters is 1. The second kappa shape index (κ2) is 5.93. The maximum absolute atomic E-state index is 10.7. The minimum Gasteiger partial charge on any atom is -0.433 e. The lowest BCUT2D eigenvalue weighted by atomic mass is 10.3. The number of aliphatic hydroxyl groups excluding tert-OH is 3. The number of hydrogen-bond donors (Lipinski definition) is 3. The highest BCUT2D eigenvalue weighted by Gasteiger charge is 2.18. The van der Waals surface area contributed by atoms with Gasteiger partial charge in [-0.25, -0.2) is 0 Å². The molecule has 3 N–H and O–H groups in total. The summed E-state index contributed by atoms with van der Waals surface area (Å²) in [6.45, 7) is 1.15. The Morgan fingerprint density at radius 1 is 1.50 bits per heavy atom. The normalized spacial score (nSPS) is 15.3. The Hall–Kier alpha value is -0.650. The van der Waals surface area contributed by atoms with Crippen LogP contribution in [0, 0.1) is 0 Å². The van der Waals surface area contributed by atoms with E-state index < -0.39 is 25.0 Å². The van der Waals surface area contributed by atoms with Gasteiger partial charge in [-0.1, -0.05) is 6.92 Å². The van der Waals surface area contributed by atoms with Gasteiger partial charge in [-0.3, -0.25) is 4.79 Å². The molecule has 0 aliphatic rings. The van der Waals surface area contributed by atoms with Gasteiger partial charge in [-0.05, 0) is 6.42 Å². The van der Waals surface area contributed by atoms with Crippen LogP contribution in [-0.4, -0.2) is 40.3 Å². The van der Waals surface area contributed by atoms with Gasteiger partial charge in [0.1, 0.15) is 6.10 Å². The van der Waals surface area contributed by atoms with Crippen molar-refractivity contribution in [2.45, 2.75) is 32.2 Å². The Balaban J connectivity index is 3.67. The minimum absolute atomic E-state index is 0.190.